The summed E-state index contributed by atoms with van der Waals surface area (Å²) in [5.41, 5.74) is 3.60. The third-order valence-electron chi connectivity index (χ3n) is 3.93. The van der Waals surface area contributed by atoms with Gasteiger partial charge in [-0.2, -0.15) is 0 Å². The number of amides is 1. The van der Waals surface area contributed by atoms with Crippen molar-refractivity contribution in [1.29, 1.82) is 0 Å². The molecule has 0 unspecified atom stereocenters. The highest BCUT2D eigenvalue weighted by Gasteiger charge is 2.28. The van der Waals surface area contributed by atoms with Crippen LogP contribution >= 0.6 is 0 Å². The molecule has 1 N–H and O–H groups in total. The Hall–Kier alpha value is -2.82. The van der Waals surface area contributed by atoms with Crippen molar-refractivity contribution >= 4 is 17.7 Å². The van der Waals surface area contributed by atoms with Gasteiger partial charge in [0.05, 0.1) is 11.3 Å². The predicted octanol–water partition coefficient (Wildman–Crippen LogP) is 3.39. The molecule has 0 fully saturated rings. The number of carbonyl (C=O) groups is 2. The fraction of sp³-hybridized carbons (Fsp3) is 0.222. The van der Waals surface area contributed by atoms with Crippen LogP contribution < -0.4 is 4.90 Å². The molecule has 0 spiro atoms. The number of hydrogen-bond donors (Lipinski definition) is 1. The monoisotopic (exact) mass is 311 g/mol. The Balaban J connectivity index is 1.77. The first-order chi connectivity index (χ1) is 11.1. The van der Waals surface area contributed by atoms with Gasteiger partial charge in [0.2, 0.25) is 0 Å². The molecule has 3 rings (SSSR count). The minimum atomic E-state index is -0.957. The van der Waals surface area contributed by atoms with Gasteiger partial charge in [-0.15, -0.1) is 0 Å². The van der Waals surface area contributed by atoms with E-state index in [1.54, 1.807) is 17.0 Å². The van der Waals surface area contributed by atoms with Crippen molar-refractivity contribution in [2.75, 3.05) is 11.4 Å². The molecule has 0 bridgehead atoms. The van der Waals surface area contributed by atoms with Crippen molar-refractivity contribution < 1.29 is 19.4 Å². The summed E-state index contributed by atoms with van der Waals surface area (Å²) in [5, 5.41) is 9.12. The van der Waals surface area contributed by atoms with Crippen LogP contribution in [-0.2, 0) is 17.8 Å². The number of fused-ring (bicyclic) bond motifs is 1. The van der Waals surface area contributed by atoms with Crippen LogP contribution in [0, 0.1) is 6.92 Å². The van der Waals surface area contributed by atoms with Gasteiger partial charge in [-0.1, -0.05) is 30.3 Å². The third-order valence-corrected chi connectivity index (χ3v) is 3.93. The number of rotatable bonds is 3. The zero-order chi connectivity index (χ0) is 16.4. The second-order valence-electron chi connectivity index (χ2n) is 5.55. The van der Waals surface area contributed by atoms with Gasteiger partial charge in [-0.3, -0.25) is 4.90 Å². The standard InChI is InChI=1S/C18H17NO4/c1-12-9-15(17(20)21)10-14-7-8-19(16(12)14)18(22)23-11-13-5-3-2-4-6-13/h2-6,9-10H,7-8,11H2,1H3,(H,20,21). The number of carboxylic acids is 1. The predicted molar refractivity (Wildman–Crippen MR) is 85.8 cm³/mol. The van der Waals surface area contributed by atoms with E-state index in [2.05, 4.69) is 0 Å². The molecule has 2 aromatic carbocycles. The highest BCUT2D eigenvalue weighted by molar-refractivity contribution is 5.94. The molecular formula is C18H17NO4. The van der Waals surface area contributed by atoms with Crippen LogP contribution in [-0.4, -0.2) is 23.7 Å². The maximum atomic E-state index is 12.3. The molecule has 1 aliphatic rings. The molecule has 1 amide bonds. The van der Waals surface area contributed by atoms with Crippen LogP contribution in [0.2, 0.25) is 0 Å². The summed E-state index contributed by atoms with van der Waals surface area (Å²) in [6, 6.07) is 12.7. The number of anilines is 1. The lowest BCUT2D eigenvalue weighted by Gasteiger charge is -2.19. The van der Waals surface area contributed by atoms with E-state index in [9.17, 15) is 9.59 Å². The number of nitrogens with zero attached hydrogens (tertiary/aromatic N) is 1. The number of ether oxygens (including phenoxy) is 1. The molecule has 1 aliphatic heterocycles. The molecule has 118 valence electrons. The summed E-state index contributed by atoms with van der Waals surface area (Å²) in [7, 11) is 0. The van der Waals surface area contributed by atoms with Crippen molar-refractivity contribution in [2.24, 2.45) is 0 Å². The summed E-state index contributed by atoms with van der Waals surface area (Å²) in [4.78, 5) is 25.0. The summed E-state index contributed by atoms with van der Waals surface area (Å²) in [5.74, 6) is -0.957. The van der Waals surface area contributed by atoms with Crippen LogP contribution in [0.1, 0.15) is 27.0 Å². The Morgan fingerprint density at radius 1 is 1.22 bits per heavy atom. The van der Waals surface area contributed by atoms with Crippen LogP contribution in [0.25, 0.3) is 0 Å². The first kappa shape index (κ1) is 15.1. The Kier molecular flexibility index (Phi) is 4.02. The van der Waals surface area contributed by atoms with Crippen LogP contribution in [0.4, 0.5) is 10.5 Å². The number of benzene rings is 2. The van der Waals surface area contributed by atoms with E-state index in [-0.39, 0.29) is 12.2 Å². The second kappa shape index (κ2) is 6.12. The molecule has 0 aromatic heterocycles. The van der Waals surface area contributed by atoms with Crippen molar-refractivity contribution in [1.82, 2.24) is 0 Å². The number of hydrogen-bond acceptors (Lipinski definition) is 3. The highest BCUT2D eigenvalue weighted by atomic mass is 16.6. The smallest absolute Gasteiger partial charge is 0.414 e. The van der Waals surface area contributed by atoms with E-state index < -0.39 is 12.1 Å². The minimum Gasteiger partial charge on any atom is -0.478 e. The molecule has 0 saturated heterocycles. The number of aromatic carboxylic acids is 1. The number of carboxylic acid groups (broad SMARTS) is 1. The fourth-order valence-corrected chi connectivity index (χ4v) is 2.88. The van der Waals surface area contributed by atoms with Gasteiger partial charge < -0.3 is 9.84 Å². The molecule has 5 heteroatoms. The fourth-order valence-electron chi connectivity index (χ4n) is 2.88. The van der Waals surface area contributed by atoms with Crippen LogP contribution in [0.15, 0.2) is 42.5 Å². The largest absolute Gasteiger partial charge is 0.478 e. The zero-order valence-corrected chi connectivity index (χ0v) is 12.8. The summed E-state index contributed by atoms with van der Waals surface area (Å²) < 4.78 is 5.37. The van der Waals surface area contributed by atoms with E-state index in [4.69, 9.17) is 9.84 Å². The van der Waals surface area contributed by atoms with Gasteiger partial charge in [-0.05, 0) is 42.2 Å². The average molecular weight is 311 g/mol. The molecular weight excluding hydrogens is 294 g/mol. The quantitative estimate of drug-likeness (QED) is 0.943. The molecule has 1 heterocycles. The second-order valence-corrected chi connectivity index (χ2v) is 5.55. The average Bonchev–Trinajstić information content (AvgIpc) is 2.98. The SMILES string of the molecule is Cc1cc(C(=O)O)cc2c1N(C(=O)OCc1ccccc1)CC2. The molecule has 5 nitrogen and oxygen atoms in total. The third kappa shape index (κ3) is 3.04. The van der Waals surface area contributed by atoms with Crippen LogP contribution in [0.3, 0.4) is 0 Å². The minimum absolute atomic E-state index is 0.220. The van der Waals surface area contributed by atoms with E-state index in [0.29, 0.717) is 13.0 Å². The Labute approximate surface area is 134 Å². The van der Waals surface area contributed by atoms with Crippen molar-refractivity contribution in [3.05, 3.63) is 64.7 Å². The normalized spacial score (nSPS) is 12.8. The van der Waals surface area contributed by atoms with Crippen molar-refractivity contribution in [3.8, 4) is 0 Å². The Morgan fingerprint density at radius 3 is 2.65 bits per heavy atom. The number of aryl methyl sites for hydroxylation is 1. The lowest BCUT2D eigenvalue weighted by atomic mass is 10.0. The molecule has 0 atom stereocenters. The summed E-state index contributed by atoms with van der Waals surface area (Å²) in [6.45, 7) is 2.54. The van der Waals surface area contributed by atoms with Gasteiger partial charge in [0.25, 0.3) is 0 Å². The summed E-state index contributed by atoms with van der Waals surface area (Å²) >= 11 is 0. The van der Waals surface area contributed by atoms with Gasteiger partial charge in [0.15, 0.2) is 0 Å². The van der Waals surface area contributed by atoms with E-state index in [0.717, 1.165) is 22.4 Å². The molecule has 2 aromatic rings. The number of carbonyl (C=O) groups excluding carboxylic acids is 1. The van der Waals surface area contributed by atoms with Crippen molar-refractivity contribution in [3.63, 3.8) is 0 Å². The summed E-state index contributed by atoms with van der Waals surface area (Å²) in [6.07, 6.45) is 0.233. The zero-order valence-electron chi connectivity index (χ0n) is 12.8. The van der Waals surface area contributed by atoms with E-state index in [1.165, 1.54) is 0 Å². The Bertz CT molecular complexity index is 755. The maximum absolute atomic E-state index is 12.3. The highest BCUT2D eigenvalue weighted by Crippen LogP contribution is 2.33. The molecule has 23 heavy (non-hydrogen) atoms. The lowest BCUT2D eigenvalue weighted by molar-refractivity contribution is 0.0696. The Morgan fingerprint density at radius 2 is 1.96 bits per heavy atom. The molecule has 0 aliphatic carbocycles. The van der Waals surface area contributed by atoms with Gasteiger partial charge >= 0.3 is 12.1 Å². The van der Waals surface area contributed by atoms with E-state index in [1.807, 2.05) is 37.3 Å². The first-order valence-electron chi connectivity index (χ1n) is 7.41. The van der Waals surface area contributed by atoms with E-state index >= 15 is 0 Å². The van der Waals surface area contributed by atoms with Gasteiger partial charge in [0.1, 0.15) is 6.61 Å². The molecule has 0 radical (unpaired) electrons. The topological polar surface area (TPSA) is 66.8 Å². The van der Waals surface area contributed by atoms with Crippen LogP contribution in [0.5, 0.6) is 0 Å². The van der Waals surface area contributed by atoms with Gasteiger partial charge in [0, 0.05) is 6.54 Å². The van der Waals surface area contributed by atoms with Gasteiger partial charge in [-0.25, -0.2) is 9.59 Å². The first-order valence-corrected chi connectivity index (χ1v) is 7.41. The molecule has 0 saturated carbocycles. The lowest BCUT2D eigenvalue weighted by Crippen LogP contribution is -2.30. The maximum Gasteiger partial charge on any atom is 0.414 e. The van der Waals surface area contributed by atoms with Crippen molar-refractivity contribution in [2.45, 2.75) is 20.0 Å².